The van der Waals surface area contributed by atoms with Gasteiger partial charge in [0.15, 0.2) is 5.65 Å². The van der Waals surface area contributed by atoms with Crippen LogP contribution in [0.15, 0.2) is 79.3 Å². The minimum absolute atomic E-state index is 0.177. The van der Waals surface area contributed by atoms with Crippen LogP contribution >= 0.6 is 0 Å². The Balaban J connectivity index is 1.65. The second kappa shape index (κ2) is 9.13. The van der Waals surface area contributed by atoms with Crippen molar-refractivity contribution in [1.29, 1.82) is 0 Å². The number of para-hydroxylation sites is 1. The van der Waals surface area contributed by atoms with Crippen LogP contribution in [0.2, 0.25) is 0 Å². The number of aromatic nitrogens is 5. The molecule has 3 aromatic heterocycles. The first-order valence-corrected chi connectivity index (χ1v) is 11.9. The number of carbonyl (C=O) groups excluding carboxylic acids is 1. The summed E-state index contributed by atoms with van der Waals surface area (Å²) >= 11 is 0. The van der Waals surface area contributed by atoms with Crippen molar-refractivity contribution in [1.82, 2.24) is 24.3 Å². The number of rotatable bonds is 5. The van der Waals surface area contributed by atoms with Crippen molar-refractivity contribution >= 4 is 17.1 Å². The normalized spacial score (nSPS) is 13.1. The molecule has 0 fully saturated rings. The number of nitrogens with zero attached hydrogens (tertiary/aromatic N) is 5. The molecule has 38 heavy (non-hydrogen) atoms. The van der Waals surface area contributed by atoms with E-state index in [4.69, 9.17) is 5.73 Å². The molecule has 2 aromatic carbocycles. The van der Waals surface area contributed by atoms with Gasteiger partial charge < -0.3 is 5.73 Å². The zero-order valence-corrected chi connectivity index (χ0v) is 20.9. The highest BCUT2D eigenvalue weighted by Gasteiger charge is 2.36. The zero-order chi connectivity index (χ0) is 27.2. The number of carbonyl (C=O) groups is 1. The van der Waals surface area contributed by atoms with E-state index in [1.54, 1.807) is 53.5 Å². The minimum Gasteiger partial charge on any atom is -0.369 e. The molecule has 1 atom stereocenters. The van der Waals surface area contributed by atoms with Crippen LogP contribution in [0.4, 0.5) is 13.2 Å². The van der Waals surface area contributed by atoms with Crippen LogP contribution in [0.25, 0.3) is 22.5 Å². The SMILES string of the molecule is CC(C)(C)c1cc(C(C(N)=O)c2ccc(-n3cnc4cccnc43)cc2)n(-c2ccccc2C(F)(F)F)n1. The molecule has 3 heterocycles. The van der Waals surface area contributed by atoms with E-state index in [0.29, 0.717) is 16.9 Å². The van der Waals surface area contributed by atoms with E-state index in [-0.39, 0.29) is 11.4 Å². The summed E-state index contributed by atoms with van der Waals surface area (Å²) in [5.74, 6) is -1.76. The largest absolute Gasteiger partial charge is 0.418 e. The summed E-state index contributed by atoms with van der Waals surface area (Å²) in [4.78, 5) is 21.6. The Morgan fingerprint density at radius 1 is 0.947 bits per heavy atom. The van der Waals surface area contributed by atoms with Gasteiger partial charge in [-0.25, -0.2) is 14.6 Å². The van der Waals surface area contributed by atoms with E-state index in [0.717, 1.165) is 17.3 Å². The van der Waals surface area contributed by atoms with Crippen molar-refractivity contribution in [3.05, 3.63) is 102 Å². The fourth-order valence-corrected chi connectivity index (χ4v) is 4.41. The molecule has 7 nitrogen and oxygen atoms in total. The third-order valence-corrected chi connectivity index (χ3v) is 6.33. The molecule has 10 heteroatoms. The Hall–Kier alpha value is -4.47. The number of amides is 1. The smallest absolute Gasteiger partial charge is 0.369 e. The molecule has 0 saturated carbocycles. The molecule has 1 amide bonds. The van der Waals surface area contributed by atoms with Gasteiger partial charge in [0.05, 0.1) is 22.6 Å². The number of imidazole rings is 1. The number of nitrogens with two attached hydrogens (primary N) is 1. The molecule has 5 aromatic rings. The molecule has 1 unspecified atom stereocenters. The van der Waals surface area contributed by atoms with Crippen LogP contribution in [0.3, 0.4) is 0 Å². The fraction of sp³-hybridized carbons (Fsp3) is 0.214. The van der Waals surface area contributed by atoms with Crippen molar-refractivity contribution in [3.63, 3.8) is 0 Å². The second-order valence-corrected chi connectivity index (χ2v) is 10.0. The van der Waals surface area contributed by atoms with Gasteiger partial charge in [-0.05, 0) is 48.0 Å². The number of halogens is 3. The molecule has 2 N–H and O–H groups in total. The van der Waals surface area contributed by atoms with E-state index in [2.05, 4.69) is 15.1 Å². The summed E-state index contributed by atoms with van der Waals surface area (Å²) in [5.41, 5.74) is 7.80. The van der Waals surface area contributed by atoms with Gasteiger partial charge in [0.25, 0.3) is 0 Å². The molecule has 5 rings (SSSR count). The third kappa shape index (κ3) is 4.53. The van der Waals surface area contributed by atoms with Gasteiger partial charge in [-0.3, -0.25) is 9.36 Å². The minimum atomic E-state index is -4.62. The van der Waals surface area contributed by atoms with Gasteiger partial charge in [0.2, 0.25) is 5.91 Å². The highest BCUT2D eigenvalue weighted by atomic mass is 19.4. The summed E-state index contributed by atoms with van der Waals surface area (Å²) in [6.07, 6.45) is -1.30. The molecular formula is C28H25F3N6O. The molecule has 0 saturated heterocycles. The van der Waals surface area contributed by atoms with Gasteiger partial charge in [-0.1, -0.05) is 45.0 Å². The van der Waals surface area contributed by atoms with Gasteiger partial charge in [0, 0.05) is 17.3 Å². The lowest BCUT2D eigenvalue weighted by Crippen LogP contribution is -2.25. The maximum Gasteiger partial charge on any atom is 0.418 e. The molecule has 0 bridgehead atoms. The number of benzene rings is 2. The van der Waals surface area contributed by atoms with Crippen molar-refractivity contribution in [2.45, 2.75) is 38.3 Å². The Morgan fingerprint density at radius 2 is 1.66 bits per heavy atom. The topological polar surface area (TPSA) is 91.6 Å². The first-order chi connectivity index (χ1) is 17.9. The molecule has 0 radical (unpaired) electrons. The summed E-state index contributed by atoms with van der Waals surface area (Å²) in [7, 11) is 0. The third-order valence-electron chi connectivity index (χ3n) is 6.33. The number of primary amides is 1. The van der Waals surface area contributed by atoms with Crippen molar-refractivity contribution in [3.8, 4) is 11.4 Å². The van der Waals surface area contributed by atoms with Crippen molar-refractivity contribution in [2.24, 2.45) is 5.73 Å². The summed E-state index contributed by atoms with van der Waals surface area (Å²) < 4.78 is 44.8. The van der Waals surface area contributed by atoms with Gasteiger partial charge >= 0.3 is 6.18 Å². The van der Waals surface area contributed by atoms with Crippen LogP contribution in [0, 0.1) is 0 Å². The number of alkyl halides is 3. The van der Waals surface area contributed by atoms with Crippen LogP contribution < -0.4 is 5.73 Å². The quantitative estimate of drug-likeness (QED) is 0.331. The molecule has 0 aliphatic heterocycles. The predicted octanol–water partition coefficient (Wildman–Crippen LogP) is 5.54. The number of fused-ring (bicyclic) bond motifs is 1. The summed E-state index contributed by atoms with van der Waals surface area (Å²) in [6.45, 7) is 5.70. The Labute approximate surface area is 216 Å². The number of hydrogen-bond donors (Lipinski definition) is 1. The van der Waals surface area contributed by atoms with E-state index in [1.165, 1.54) is 22.9 Å². The first-order valence-electron chi connectivity index (χ1n) is 11.9. The first kappa shape index (κ1) is 25.2. The zero-order valence-electron chi connectivity index (χ0n) is 20.9. The molecular weight excluding hydrogens is 493 g/mol. The lowest BCUT2D eigenvalue weighted by molar-refractivity contribution is -0.137. The average Bonchev–Trinajstić information content (AvgIpc) is 3.49. The Morgan fingerprint density at radius 3 is 2.32 bits per heavy atom. The Bertz CT molecular complexity index is 1630. The highest BCUT2D eigenvalue weighted by molar-refractivity contribution is 5.85. The van der Waals surface area contributed by atoms with Gasteiger partial charge in [-0.2, -0.15) is 18.3 Å². The van der Waals surface area contributed by atoms with Crippen LogP contribution in [0.5, 0.6) is 0 Å². The molecule has 0 aliphatic rings. The fourth-order valence-electron chi connectivity index (χ4n) is 4.41. The maximum atomic E-state index is 13.9. The molecule has 0 spiro atoms. The van der Waals surface area contributed by atoms with Gasteiger partial charge in [0.1, 0.15) is 17.8 Å². The van der Waals surface area contributed by atoms with E-state index in [1.807, 2.05) is 26.8 Å². The van der Waals surface area contributed by atoms with Gasteiger partial charge in [-0.15, -0.1) is 0 Å². The predicted molar refractivity (Wildman–Crippen MR) is 137 cm³/mol. The van der Waals surface area contributed by atoms with E-state index >= 15 is 0 Å². The lowest BCUT2D eigenvalue weighted by Gasteiger charge is -2.19. The average molecular weight is 519 g/mol. The number of pyridine rings is 1. The Kier molecular flexibility index (Phi) is 6.05. The highest BCUT2D eigenvalue weighted by Crippen LogP contribution is 2.37. The summed E-state index contributed by atoms with van der Waals surface area (Å²) in [6, 6.07) is 17.5. The molecule has 194 valence electrons. The maximum absolute atomic E-state index is 13.9. The van der Waals surface area contributed by atoms with Crippen molar-refractivity contribution in [2.75, 3.05) is 0 Å². The lowest BCUT2D eigenvalue weighted by atomic mass is 9.89. The molecule has 0 aliphatic carbocycles. The van der Waals surface area contributed by atoms with Crippen LogP contribution in [-0.4, -0.2) is 30.2 Å². The summed E-state index contributed by atoms with van der Waals surface area (Å²) in [5, 5.41) is 4.54. The standard InChI is InChI=1S/C28H25F3N6O/c1-27(2,3)23-15-22(37(35-23)21-9-5-4-7-19(21)28(29,30)31)24(25(32)38)17-10-12-18(13-11-17)36-16-34-20-8-6-14-33-26(20)36/h4-16,24H,1-3H3,(H2,32,38). The van der Waals surface area contributed by atoms with Crippen LogP contribution in [-0.2, 0) is 16.4 Å². The van der Waals surface area contributed by atoms with Crippen LogP contribution in [0.1, 0.15) is 49.2 Å². The van der Waals surface area contributed by atoms with Crippen molar-refractivity contribution < 1.29 is 18.0 Å². The van der Waals surface area contributed by atoms with E-state index < -0.39 is 29.0 Å². The monoisotopic (exact) mass is 518 g/mol. The van der Waals surface area contributed by atoms with E-state index in [9.17, 15) is 18.0 Å². The number of hydrogen-bond acceptors (Lipinski definition) is 4. The second-order valence-electron chi connectivity index (χ2n) is 10.0.